The molecule has 1 atom stereocenters. The molecule has 0 radical (unpaired) electrons. The first kappa shape index (κ1) is 14.0. The molecule has 6 nitrogen and oxygen atoms in total. The van der Waals surface area contributed by atoms with Crippen molar-refractivity contribution in [1.82, 2.24) is 4.31 Å². The minimum atomic E-state index is -3.81. The minimum absolute atomic E-state index is 0.108. The predicted octanol–water partition coefficient (Wildman–Crippen LogP) is 1.25. The van der Waals surface area contributed by atoms with Crippen LogP contribution in [0.25, 0.3) is 0 Å². The maximum absolute atomic E-state index is 12.9. The Balaban J connectivity index is 1.72. The number of carboxylic acid groups (broad SMARTS) is 1. The zero-order valence-corrected chi connectivity index (χ0v) is 12.8. The van der Waals surface area contributed by atoms with Crippen LogP contribution in [0.2, 0.25) is 0 Å². The molecule has 0 amide bonds. The van der Waals surface area contributed by atoms with Gasteiger partial charge >= 0.3 is 5.97 Å². The quantitative estimate of drug-likeness (QED) is 0.905. The van der Waals surface area contributed by atoms with E-state index in [1.807, 2.05) is 0 Å². The molecule has 2 fully saturated rings. The van der Waals surface area contributed by atoms with E-state index in [-0.39, 0.29) is 10.3 Å². The first-order valence-corrected chi connectivity index (χ1v) is 8.86. The summed E-state index contributed by atoms with van der Waals surface area (Å²) in [4.78, 5) is 11.6. The Kier molecular flexibility index (Phi) is 2.84. The normalized spacial score (nSPS) is 25.9. The van der Waals surface area contributed by atoms with Gasteiger partial charge in [0.2, 0.25) is 10.0 Å². The van der Waals surface area contributed by atoms with Crippen LogP contribution in [0.5, 0.6) is 5.75 Å². The minimum Gasteiger partial charge on any atom is -0.493 e. The van der Waals surface area contributed by atoms with Gasteiger partial charge in [0.1, 0.15) is 11.8 Å². The Labute approximate surface area is 128 Å². The molecule has 118 valence electrons. The fourth-order valence-electron chi connectivity index (χ4n) is 3.46. The number of fused-ring (bicyclic) bond motifs is 1. The van der Waals surface area contributed by atoms with Crippen molar-refractivity contribution in [3.63, 3.8) is 0 Å². The van der Waals surface area contributed by atoms with E-state index in [9.17, 15) is 18.3 Å². The number of hydrogen-bond acceptors (Lipinski definition) is 4. The lowest BCUT2D eigenvalue weighted by atomic mass is 10.0. The summed E-state index contributed by atoms with van der Waals surface area (Å²) in [5, 5.41) is 9.38. The van der Waals surface area contributed by atoms with Crippen LogP contribution in [0.4, 0.5) is 0 Å². The molecule has 1 spiro atoms. The molecule has 0 unspecified atom stereocenters. The van der Waals surface area contributed by atoms with Crippen LogP contribution >= 0.6 is 0 Å². The van der Waals surface area contributed by atoms with Gasteiger partial charge in [-0.15, -0.1) is 0 Å². The second kappa shape index (κ2) is 4.45. The summed E-state index contributed by atoms with van der Waals surface area (Å²) in [7, 11) is -3.81. The van der Waals surface area contributed by atoms with E-state index < -0.39 is 22.0 Å². The zero-order chi connectivity index (χ0) is 15.5. The summed E-state index contributed by atoms with van der Waals surface area (Å²) in [6.07, 6.45) is 3.02. The molecule has 1 N–H and O–H groups in total. The summed E-state index contributed by atoms with van der Waals surface area (Å²) in [6.45, 7) is 0.869. The van der Waals surface area contributed by atoms with Gasteiger partial charge in [-0.1, -0.05) is 6.07 Å². The molecule has 2 heterocycles. The Hall–Kier alpha value is -1.60. The maximum atomic E-state index is 12.9. The van der Waals surface area contributed by atoms with E-state index in [1.165, 1.54) is 10.4 Å². The number of rotatable bonds is 3. The molecule has 22 heavy (non-hydrogen) atoms. The summed E-state index contributed by atoms with van der Waals surface area (Å²) in [5.41, 5.74) is 0.886. The van der Waals surface area contributed by atoms with Crippen molar-refractivity contribution in [2.45, 2.75) is 36.6 Å². The van der Waals surface area contributed by atoms with Crippen molar-refractivity contribution >= 4 is 16.0 Å². The lowest BCUT2D eigenvalue weighted by molar-refractivity contribution is -0.140. The highest BCUT2D eigenvalue weighted by molar-refractivity contribution is 7.89. The number of hydrogen-bond donors (Lipinski definition) is 1. The van der Waals surface area contributed by atoms with Crippen molar-refractivity contribution in [1.29, 1.82) is 0 Å². The van der Waals surface area contributed by atoms with Crippen molar-refractivity contribution in [2.75, 3.05) is 13.2 Å². The molecule has 1 aromatic rings. The standard InChI is InChI=1S/C15H17NO5S/c17-14(18)12-8-15(4-5-15)9-16(12)22(19,20)11-2-1-10-3-6-21-13(10)7-11/h1-2,7,12H,3-6,8-9H2,(H,17,18)/t12-/m0/s1. The van der Waals surface area contributed by atoms with Crippen LogP contribution in [0.15, 0.2) is 23.1 Å². The molecule has 2 aliphatic heterocycles. The van der Waals surface area contributed by atoms with E-state index in [0.717, 1.165) is 24.8 Å². The molecule has 0 aromatic heterocycles. The second-order valence-corrected chi connectivity index (χ2v) is 8.37. The highest BCUT2D eigenvalue weighted by Gasteiger charge is 2.57. The monoisotopic (exact) mass is 323 g/mol. The number of carbonyl (C=O) groups is 1. The molecular weight excluding hydrogens is 306 g/mol. The third-order valence-electron chi connectivity index (χ3n) is 4.98. The number of nitrogens with zero attached hydrogens (tertiary/aromatic N) is 1. The molecule has 3 aliphatic rings. The van der Waals surface area contributed by atoms with Crippen LogP contribution in [0.1, 0.15) is 24.8 Å². The predicted molar refractivity (Wildman–Crippen MR) is 77.2 cm³/mol. The van der Waals surface area contributed by atoms with Gasteiger partial charge in [0, 0.05) is 19.0 Å². The van der Waals surface area contributed by atoms with Crippen LogP contribution in [0, 0.1) is 5.41 Å². The van der Waals surface area contributed by atoms with Crippen molar-refractivity contribution in [2.24, 2.45) is 5.41 Å². The van der Waals surface area contributed by atoms with Crippen molar-refractivity contribution in [3.05, 3.63) is 23.8 Å². The van der Waals surface area contributed by atoms with Gasteiger partial charge in [-0.25, -0.2) is 8.42 Å². The smallest absolute Gasteiger partial charge is 0.322 e. The van der Waals surface area contributed by atoms with Gasteiger partial charge in [-0.3, -0.25) is 4.79 Å². The molecular formula is C15H17NO5S. The molecule has 0 bridgehead atoms. The van der Waals surface area contributed by atoms with Crippen LogP contribution in [-0.4, -0.2) is 43.0 Å². The van der Waals surface area contributed by atoms with Gasteiger partial charge in [-0.2, -0.15) is 4.31 Å². The molecule has 1 aromatic carbocycles. The second-order valence-electron chi connectivity index (χ2n) is 6.48. The van der Waals surface area contributed by atoms with Crippen molar-refractivity contribution < 1.29 is 23.1 Å². The molecule has 1 aliphatic carbocycles. The number of ether oxygens (including phenoxy) is 1. The van der Waals surface area contributed by atoms with Crippen LogP contribution in [-0.2, 0) is 21.2 Å². The summed E-state index contributed by atoms with van der Waals surface area (Å²) in [6, 6.07) is 3.88. The lowest BCUT2D eigenvalue weighted by Crippen LogP contribution is -2.40. The Morgan fingerprint density at radius 1 is 1.36 bits per heavy atom. The van der Waals surface area contributed by atoms with Crippen LogP contribution in [0.3, 0.4) is 0 Å². The maximum Gasteiger partial charge on any atom is 0.322 e. The average molecular weight is 323 g/mol. The third kappa shape index (κ3) is 2.03. The average Bonchev–Trinajstić information content (AvgIpc) is 2.91. The van der Waals surface area contributed by atoms with Gasteiger partial charge < -0.3 is 9.84 Å². The van der Waals surface area contributed by atoms with E-state index in [1.54, 1.807) is 12.1 Å². The number of benzene rings is 1. The number of aliphatic carboxylic acids is 1. The van der Waals surface area contributed by atoms with Gasteiger partial charge in [-0.05, 0) is 36.3 Å². The fraction of sp³-hybridized carbons (Fsp3) is 0.533. The molecule has 7 heteroatoms. The highest BCUT2D eigenvalue weighted by Crippen LogP contribution is 2.55. The first-order chi connectivity index (χ1) is 10.4. The first-order valence-electron chi connectivity index (χ1n) is 7.42. The zero-order valence-electron chi connectivity index (χ0n) is 12.0. The number of sulfonamides is 1. The van der Waals surface area contributed by atoms with Gasteiger partial charge in [0.15, 0.2) is 0 Å². The molecule has 1 saturated heterocycles. The SMILES string of the molecule is O=C(O)[C@@H]1CC2(CC2)CN1S(=O)(=O)c1ccc2c(c1)OCC2. The lowest BCUT2D eigenvalue weighted by Gasteiger charge is -2.21. The van der Waals surface area contributed by atoms with Gasteiger partial charge in [0.05, 0.1) is 11.5 Å². The number of carboxylic acids is 1. The van der Waals surface area contributed by atoms with E-state index in [4.69, 9.17) is 4.74 Å². The fourth-order valence-corrected chi connectivity index (χ4v) is 5.17. The Morgan fingerprint density at radius 2 is 2.14 bits per heavy atom. The Morgan fingerprint density at radius 3 is 2.82 bits per heavy atom. The Bertz CT molecular complexity index is 753. The molecule has 4 rings (SSSR count). The third-order valence-corrected chi connectivity index (χ3v) is 6.83. The van der Waals surface area contributed by atoms with Crippen LogP contribution < -0.4 is 4.74 Å². The van der Waals surface area contributed by atoms with E-state index in [2.05, 4.69) is 0 Å². The van der Waals surface area contributed by atoms with Crippen molar-refractivity contribution in [3.8, 4) is 5.75 Å². The summed E-state index contributed by atoms with van der Waals surface area (Å²) in [5.74, 6) is -0.474. The highest BCUT2D eigenvalue weighted by atomic mass is 32.2. The van der Waals surface area contributed by atoms with E-state index in [0.29, 0.717) is 25.3 Å². The van der Waals surface area contributed by atoms with Gasteiger partial charge in [0.25, 0.3) is 0 Å². The molecule has 1 saturated carbocycles. The summed E-state index contributed by atoms with van der Waals surface area (Å²) < 4.78 is 32.3. The summed E-state index contributed by atoms with van der Waals surface area (Å²) >= 11 is 0. The topological polar surface area (TPSA) is 83.9 Å². The largest absolute Gasteiger partial charge is 0.493 e. The van der Waals surface area contributed by atoms with E-state index >= 15 is 0 Å².